The minimum atomic E-state index is -0.219. The summed E-state index contributed by atoms with van der Waals surface area (Å²) in [4.78, 5) is 11.5. The zero-order valence-corrected chi connectivity index (χ0v) is 9.97. The maximum atomic E-state index is 11.5. The minimum Gasteiger partial charge on any atom is -0.467 e. The fourth-order valence-electron chi connectivity index (χ4n) is 1.52. The molecule has 5 heteroatoms. The molecular formula is C9H11IN2O2. The van der Waals surface area contributed by atoms with Crippen LogP contribution in [0.1, 0.15) is 18.9 Å². The van der Waals surface area contributed by atoms with Crippen molar-refractivity contribution in [1.82, 2.24) is 9.78 Å². The minimum absolute atomic E-state index is 0.188. The molecule has 0 saturated heterocycles. The highest BCUT2D eigenvalue weighted by Gasteiger charge is 2.38. The van der Waals surface area contributed by atoms with Gasteiger partial charge in [-0.2, -0.15) is 5.10 Å². The van der Waals surface area contributed by atoms with Crippen molar-refractivity contribution in [3.63, 3.8) is 0 Å². The average Bonchev–Trinajstić information content (AvgIpc) is 2.90. The smallest absolute Gasteiger partial charge is 0.330 e. The molecule has 1 aliphatic rings. The second-order valence-corrected chi connectivity index (χ2v) is 4.69. The Hall–Kier alpha value is -0.590. The number of ether oxygens (including phenoxy) is 1. The number of methoxy groups -OCH3 is 1. The number of hydrogen-bond donors (Lipinski definition) is 0. The number of esters is 1. The molecule has 1 saturated carbocycles. The lowest BCUT2D eigenvalue weighted by atomic mass is 10.2. The Labute approximate surface area is 95.8 Å². The van der Waals surface area contributed by atoms with E-state index < -0.39 is 0 Å². The summed E-state index contributed by atoms with van der Waals surface area (Å²) < 4.78 is 7.53. The summed E-state index contributed by atoms with van der Waals surface area (Å²) in [5.41, 5.74) is 0. The first kappa shape index (κ1) is 9.95. The van der Waals surface area contributed by atoms with Gasteiger partial charge in [-0.1, -0.05) is 0 Å². The van der Waals surface area contributed by atoms with Crippen LogP contribution < -0.4 is 0 Å². The lowest BCUT2D eigenvalue weighted by molar-refractivity contribution is -0.145. The van der Waals surface area contributed by atoms with Gasteiger partial charge in [0.1, 0.15) is 0 Å². The fourth-order valence-corrected chi connectivity index (χ4v) is 1.93. The van der Waals surface area contributed by atoms with Gasteiger partial charge < -0.3 is 4.74 Å². The van der Waals surface area contributed by atoms with Gasteiger partial charge in [0.05, 0.1) is 16.9 Å². The van der Waals surface area contributed by atoms with Crippen molar-refractivity contribution in [1.29, 1.82) is 0 Å². The van der Waals surface area contributed by atoms with Crippen LogP contribution in [0.3, 0.4) is 0 Å². The third kappa shape index (κ3) is 1.92. The molecule has 1 aromatic rings. The monoisotopic (exact) mass is 306 g/mol. The molecule has 14 heavy (non-hydrogen) atoms. The van der Waals surface area contributed by atoms with Gasteiger partial charge in [0.15, 0.2) is 6.04 Å². The van der Waals surface area contributed by atoms with Gasteiger partial charge in [0.25, 0.3) is 0 Å². The van der Waals surface area contributed by atoms with Crippen LogP contribution >= 0.6 is 22.6 Å². The standard InChI is InChI=1S/C9H11IN2O2/c1-14-9(13)8(6-2-3-6)12-5-7(10)4-11-12/h4-6,8H,2-3H2,1H3. The number of hydrogen-bond acceptors (Lipinski definition) is 3. The summed E-state index contributed by atoms with van der Waals surface area (Å²) in [5, 5.41) is 4.15. The van der Waals surface area contributed by atoms with Gasteiger partial charge in [-0.3, -0.25) is 4.68 Å². The number of carbonyl (C=O) groups is 1. The fraction of sp³-hybridized carbons (Fsp3) is 0.556. The topological polar surface area (TPSA) is 44.1 Å². The second-order valence-electron chi connectivity index (χ2n) is 3.44. The molecule has 0 aliphatic heterocycles. The Bertz CT molecular complexity index is 346. The molecule has 1 atom stereocenters. The highest BCUT2D eigenvalue weighted by Crippen LogP contribution is 2.40. The average molecular weight is 306 g/mol. The van der Waals surface area contributed by atoms with Crippen molar-refractivity contribution in [3.8, 4) is 0 Å². The van der Waals surface area contributed by atoms with Gasteiger partial charge in [-0.15, -0.1) is 0 Å². The van der Waals surface area contributed by atoms with Gasteiger partial charge in [-0.25, -0.2) is 4.79 Å². The van der Waals surface area contributed by atoms with Crippen molar-refractivity contribution in [3.05, 3.63) is 16.0 Å². The lowest BCUT2D eigenvalue weighted by Gasteiger charge is -2.13. The molecule has 0 radical (unpaired) electrons. The van der Waals surface area contributed by atoms with Gasteiger partial charge >= 0.3 is 5.97 Å². The SMILES string of the molecule is COC(=O)C(C1CC1)n1cc(I)cn1. The third-order valence-corrected chi connectivity index (χ3v) is 2.92. The summed E-state index contributed by atoms with van der Waals surface area (Å²) in [7, 11) is 1.42. The van der Waals surface area contributed by atoms with Crippen molar-refractivity contribution >= 4 is 28.6 Å². The normalized spacial score (nSPS) is 17.9. The maximum absolute atomic E-state index is 11.5. The van der Waals surface area contributed by atoms with Crippen molar-refractivity contribution in [2.45, 2.75) is 18.9 Å². The van der Waals surface area contributed by atoms with Crippen LogP contribution in [-0.4, -0.2) is 22.9 Å². The molecular weight excluding hydrogens is 295 g/mol. The summed E-state index contributed by atoms with van der Waals surface area (Å²) in [5.74, 6) is 0.227. The second kappa shape index (κ2) is 3.88. The van der Waals surface area contributed by atoms with Crippen molar-refractivity contribution in [2.24, 2.45) is 5.92 Å². The number of halogens is 1. The first-order chi connectivity index (χ1) is 6.72. The van der Waals surface area contributed by atoms with Gasteiger partial charge in [0.2, 0.25) is 0 Å². The van der Waals surface area contributed by atoms with Crippen molar-refractivity contribution < 1.29 is 9.53 Å². The lowest BCUT2D eigenvalue weighted by Crippen LogP contribution is -2.23. The molecule has 1 heterocycles. The maximum Gasteiger partial charge on any atom is 0.330 e. The molecule has 1 aliphatic carbocycles. The first-order valence-electron chi connectivity index (χ1n) is 4.50. The van der Waals surface area contributed by atoms with Crippen LogP contribution in [0.4, 0.5) is 0 Å². The molecule has 0 amide bonds. The Kier molecular flexibility index (Phi) is 2.76. The molecule has 1 aromatic heterocycles. The van der Waals surface area contributed by atoms with E-state index in [0.717, 1.165) is 16.4 Å². The number of nitrogens with zero attached hydrogens (tertiary/aromatic N) is 2. The van der Waals surface area contributed by atoms with Crippen LogP contribution in [0.15, 0.2) is 12.4 Å². The summed E-state index contributed by atoms with van der Waals surface area (Å²) in [6.07, 6.45) is 5.81. The van der Waals surface area contributed by atoms with E-state index in [1.54, 1.807) is 10.9 Å². The highest BCUT2D eigenvalue weighted by molar-refractivity contribution is 14.1. The van der Waals surface area contributed by atoms with E-state index in [1.165, 1.54) is 7.11 Å². The van der Waals surface area contributed by atoms with Crippen LogP contribution in [0.5, 0.6) is 0 Å². The van der Waals surface area contributed by atoms with Crippen LogP contribution in [0, 0.1) is 9.49 Å². The van der Waals surface area contributed by atoms with E-state index in [-0.39, 0.29) is 12.0 Å². The van der Waals surface area contributed by atoms with Gasteiger partial charge in [-0.05, 0) is 41.4 Å². The van der Waals surface area contributed by atoms with E-state index in [4.69, 9.17) is 4.74 Å². The highest BCUT2D eigenvalue weighted by atomic mass is 127. The molecule has 0 aromatic carbocycles. The van der Waals surface area contributed by atoms with E-state index in [2.05, 4.69) is 27.7 Å². The largest absolute Gasteiger partial charge is 0.467 e. The Morgan fingerprint density at radius 3 is 2.93 bits per heavy atom. The van der Waals surface area contributed by atoms with Crippen LogP contribution in [0.25, 0.3) is 0 Å². The Morgan fingerprint density at radius 2 is 2.50 bits per heavy atom. The first-order valence-corrected chi connectivity index (χ1v) is 5.57. The zero-order chi connectivity index (χ0) is 10.1. The summed E-state index contributed by atoms with van der Waals surface area (Å²) >= 11 is 2.18. The zero-order valence-electron chi connectivity index (χ0n) is 7.81. The van der Waals surface area contributed by atoms with E-state index in [0.29, 0.717) is 5.92 Å². The molecule has 4 nitrogen and oxygen atoms in total. The molecule has 76 valence electrons. The van der Waals surface area contributed by atoms with Crippen LogP contribution in [-0.2, 0) is 9.53 Å². The Balaban J connectivity index is 2.22. The van der Waals surface area contributed by atoms with E-state index in [1.807, 2.05) is 6.20 Å². The quantitative estimate of drug-likeness (QED) is 0.629. The van der Waals surface area contributed by atoms with Crippen LogP contribution in [0.2, 0.25) is 0 Å². The number of aromatic nitrogens is 2. The predicted molar refractivity (Wildman–Crippen MR) is 58.7 cm³/mol. The van der Waals surface area contributed by atoms with E-state index >= 15 is 0 Å². The summed E-state index contributed by atoms with van der Waals surface area (Å²) in [6.45, 7) is 0. The molecule has 1 unspecified atom stereocenters. The summed E-state index contributed by atoms with van der Waals surface area (Å²) in [6, 6.07) is -0.219. The number of rotatable bonds is 3. The predicted octanol–water partition coefficient (Wildman–Crippen LogP) is 1.61. The molecule has 0 bridgehead atoms. The number of carbonyl (C=O) groups excluding carboxylic acids is 1. The molecule has 0 spiro atoms. The molecule has 2 rings (SSSR count). The van der Waals surface area contributed by atoms with Gasteiger partial charge in [0, 0.05) is 6.20 Å². The molecule has 0 N–H and O–H groups in total. The van der Waals surface area contributed by atoms with Crippen molar-refractivity contribution in [2.75, 3.05) is 7.11 Å². The third-order valence-electron chi connectivity index (χ3n) is 2.37. The van der Waals surface area contributed by atoms with E-state index in [9.17, 15) is 4.79 Å². The molecule has 1 fully saturated rings. The Morgan fingerprint density at radius 1 is 1.79 bits per heavy atom.